The van der Waals surface area contributed by atoms with Gasteiger partial charge in [0, 0.05) is 6.54 Å². The number of nitrogens with two attached hydrogens (primary N) is 1. The van der Waals surface area contributed by atoms with Crippen LogP contribution in [0.15, 0.2) is 29.1 Å². The minimum absolute atomic E-state index is 0.0922. The van der Waals surface area contributed by atoms with E-state index >= 15 is 0 Å². The van der Waals surface area contributed by atoms with E-state index in [0.717, 1.165) is 0 Å². The number of primary amides is 1. The zero-order chi connectivity index (χ0) is 14.9. The second kappa shape index (κ2) is 5.25. The lowest BCUT2D eigenvalue weighted by atomic mass is 9.92. The van der Waals surface area contributed by atoms with Gasteiger partial charge in [-0.25, -0.2) is 4.98 Å². The molecule has 106 valence electrons. The smallest absolute Gasteiger partial charge is 0.261 e. The van der Waals surface area contributed by atoms with Crippen LogP contribution < -0.4 is 11.3 Å². The Bertz CT molecular complexity index is 722. The highest BCUT2D eigenvalue weighted by molar-refractivity contribution is 6.16. The van der Waals surface area contributed by atoms with Crippen molar-refractivity contribution in [3.8, 4) is 0 Å². The van der Waals surface area contributed by atoms with E-state index in [-0.39, 0.29) is 18.0 Å². The highest BCUT2D eigenvalue weighted by atomic mass is 35.5. The zero-order valence-electron chi connectivity index (χ0n) is 11.4. The molecule has 0 bridgehead atoms. The molecule has 0 spiro atoms. The molecular formula is C14H16ClN3O2. The third-order valence-corrected chi connectivity index (χ3v) is 3.52. The first-order valence-corrected chi connectivity index (χ1v) is 6.74. The molecule has 1 amide bonds. The van der Waals surface area contributed by atoms with E-state index in [1.165, 1.54) is 4.57 Å². The van der Waals surface area contributed by atoms with Crippen LogP contribution in [0, 0.1) is 5.41 Å². The first-order chi connectivity index (χ1) is 9.36. The van der Waals surface area contributed by atoms with Gasteiger partial charge in [0.05, 0.1) is 22.2 Å². The summed E-state index contributed by atoms with van der Waals surface area (Å²) in [6.45, 7) is 3.53. The third-order valence-electron chi connectivity index (χ3n) is 3.28. The first kappa shape index (κ1) is 14.5. The van der Waals surface area contributed by atoms with Crippen LogP contribution in [-0.2, 0) is 17.2 Å². The molecule has 6 heteroatoms. The maximum absolute atomic E-state index is 12.5. The maximum atomic E-state index is 12.5. The normalized spacial score (nSPS) is 11.8. The molecule has 0 fully saturated rings. The van der Waals surface area contributed by atoms with Crippen molar-refractivity contribution in [3.05, 3.63) is 40.4 Å². The number of carbonyl (C=O) groups is 1. The molecule has 2 N–H and O–H groups in total. The van der Waals surface area contributed by atoms with E-state index in [9.17, 15) is 9.59 Å². The van der Waals surface area contributed by atoms with Crippen LogP contribution in [-0.4, -0.2) is 15.5 Å². The molecule has 0 saturated heterocycles. The number of alkyl halides is 1. The predicted octanol–water partition coefficient (Wildman–Crippen LogP) is 1.65. The summed E-state index contributed by atoms with van der Waals surface area (Å²) < 4.78 is 1.43. The van der Waals surface area contributed by atoms with Crippen LogP contribution in [0.1, 0.15) is 19.7 Å². The van der Waals surface area contributed by atoms with Crippen molar-refractivity contribution < 1.29 is 4.79 Å². The minimum Gasteiger partial charge on any atom is -0.369 e. The topological polar surface area (TPSA) is 78.0 Å². The van der Waals surface area contributed by atoms with Crippen molar-refractivity contribution >= 4 is 28.4 Å². The standard InChI is InChI=1S/C14H16ClN3O2/c1-14(2,13(16)20)8-18-11(7-15)17-10-6-4-3-5-9(10)12(18)19/h3-6H,7-8H2,1-2H3,(H2,16,20). The average molecular weight is 294 g/mol. The summed E-state index contributed by atoms with van der Waals surface area (Å²) in [7, 11) is 0. The molecule has 2 rings (SSSR count). The van der Waals surface area contributed by atoms with Gasteiger partial charge in [-0.05, 0) is 26.0 Å². The SMILES string of the molecule is CC(C)(Cn1c(CCl)nc2ccccc2c1=O)C(N)=O. The summed E-state index contributed by atoms with van der Waals surface area (Å²) in [5.74, 6) is 0.0531. The fourth-order valence-electron chi connectivity index (χ4n) is 1.95. The van der Waals surface area contributed by atoms with Crippen LogP contribution in [0.2, 0.25) is 0 Å². The molecular weight excluding hydrogens is 278 g/mol. The van der Waals surface area contributed by atoms with Crippen molar-refractivity contribution in [2.45, 2.75) is 26.3 Å². The number of nitrogens with zero attached hydrogens (tertiary/aromatic N) is 2. The summed E-state index contributed by atoms with van der Waals surface area (Å²) in [5.41, 5.74) is 4.90. The molecule has 20 heavy (non-hydrogen) atoms. The molecule has 0 aliphatic heterocycles. The van der Waals surface area contributed by atoms with Gasteiger partial charge in [0.15, 0.2) is 0 Å². The fraction of sp³-hybridized carbons (Fsp3) is 0.357. The van der Waals surface area contributed by atoms with E-state index in [2.05, 4.69) is 4.98 Å². The summed E-state index contributed by atoms with van der Waals surface area (Å²) in [4.78, 5) is 28.4. The van der Waals surface area contributed by atoms with Gasteiger partial charge in [0.2, 0.25) is 5.91 Å². The molecule has 0 aliphatic rings. The van der Waals surface area contributed by atoms with Crippen molar-refractivity contribution in [1.29, 1.82) is 0 Å². The number of fused-ring (bicyclic) bond motifs is 1. The largest absolute Gasteiger partial charge is 0.369 e. The molecule has 2 aromatic rings. The van der Waals surface area contributed by atoms with E-state index < -0.39 is 11.3 Å². The summed E-state index contributed by atoms with van der Waals surface area (Å²) >= 11 is 5.87. The van der Waals surface area contributed by atoms with Gasteiger partial charge >= 0.3 is 0 Å². The lowest BCUT2D eigenvalue weighted by Crippen LogP contribution is -2.39. The number of benzene rings is 1. The van der Waals surface area contributed by atoms with Crippen LogP contribution in [0.4, 0.5) is 0 Å². The Morgan fingerprint density at radius 3 is 2.65 bits per heavy atom. The van der Waals surface area contributed by atoms with Crippen LogP contribution in [0.25, 0.3) is 10.9 Å². The third kappa shape index (κ3) is 2.54. The lowest BCUT2D eigenvalue weighted by Gasteiger charge is -2.23. The number of carbonyl (C=O) groups excluding carboxylic acids is 1. The molecule has 0 unspecified atom stereocenters. The zero-order valence-corrected chi connectivity index (χ0v) is 12.1. The molecule has 1 heterocycles. The van der Waals surface area contributed by atoms with Crippen LogP contribution in [0.5, 0.6) is 0 Å². The van der Waals surface area contributed by atoms with Gasteiger partial charge in [0.1, 0.15) is 5.82 Å². The van der Waals surface area contributed by atoms with E-state index in [4.69, 9.17) is 17.3 Å². The molecule has 0 atom stereocenters. The lowest BCUT2D eigenvalue weighted by molar-refractivity contribution is -0.126. The molecule has 1 aromatic heterocycles. The second-order valence-corrected chi connectivity index (χ2v) is 5.59. The number of halogens is 1. The quantitative estimate of drug-likeness (QED) is 0.871. The maximum Gasteiger partial charge on any atom is 0.261 e. The van der Waals surface area contributed by atoms with Crippen molar-refractivity contribution in [1.82, 2.24) is 9.55 Å². The molecule has 0 saturated carbocycles. The Morgan fingerprint density at radius 2 is 2.05 bits per heavy atom. The number of rotatable bonds is 4. The Labute approximate surface area is 121 Å². The second-order valence-electron chi connectivity index (χ2n) is 5.32. The molecule has 0 radical (unpaired) electrons. The highest BCUT2D eigenvalue weighted by Gasteiger charge is 2.27. The van der Waals surface area contributed by atoms with E-state index in [0.29, 0.717) is 16.7 Å². The number of aromatic nitrogens is 2. The van der Waals surface area contributed by atoms with Gasteiger partial charge in [-0.1, -0.05) is 12.1 Å². The van der Waals surface area contributed by atoms with E-state index in [1.807, 2.05) is 6.07 Å². The van der Waals surface area contributed by atoms with Crippen LogP contribution >= 0.6 is 11.6 Å². The Balaban J connectivity index is 2.66. The van der Waals surface area contributed by atoms with Crippen molar-refractivity contribution in [2.24, 2.45) is 11.1 Å². The summed E-state index contributed by atoms with van der Waals surface area (Å²) in [5, 5.41) is 0.502. The van der Waals surface area contributed by atoms with Crippen molar-refractivity contribution in [3.63, 3.8) is 0 Å². The predicted molar refractivity (Wildman–Crippen MR) is 78.5 cm³/mol. The van der Waals surface area contributed by atoms with Gasteiger partial charge in [-0.3, -0.25) is 14.2 Å². The number of hydrogen-bond acceptors (Lipinski definition) is 3. The van der Waals surface area contributed by atoms with Gasteiger partial charge in [-0.15, -0.1) is 11.6 Å². The number of para-hydroxylation sites is 1. The molecule has 0 aliphatic carbocycles. The van der Waals surface area contributed by atoms with Gasteiger partial charge in [0.25, 0.3) is 5.56 Å². The Kier molecular flexibility index (Phi) is 3.81. The van der Waals surface area contributed by atoms with Crippen molar-refractivity contribution in [2.75, 3.05) is 0 Å². The Morgan fingerprint density at radius 1 is 1.40 bits per heavy atom. The van der Waals surface area contributed by atoms with E-state index in [1.54, 1.807) is 32.0 Å². The minimum atomic E-state index is -0.852. The monoisotopic (exact) mass is 293 g/mol. The summed E-state index contributed by atoms with van der Waals surface area (Å²) in [6.07, 6.45) is 0. The molecule has 5 nitrogen and oxygen atoms in total. The highest BCUT2D eigenvalue weighted by Crippen LogP contribution is 2.19. The summed E-state index contributed by atoms with van der Waals surface area (Å²) in [6, 6.07) is 7.05. The Hall–Kier alpha value is -1.88. The van der Waals surface area contributed by atoms with Gasteiger partial charge in [-0.2, -0.15) is 0 Å². The average Bonchev–Trinajstić information content (AvgIpc) is 2.41. The molecule has 1 aromatic carbocycles. The fourth-order valence-corrected chi connectivity index (χ4v) is 2.16. The number of amides is 1. The van der Waals surface area contributed by atoms with Gasteiger partial charge < -0.3 is 5.73 Å². The van der Waals surface area contributed by atoms with Crippen LogP contribution in [0.3, 0.4) is 0 Å². The number of hydrogen-bond donors (Lipinski definition) is 1. The first-order valence-electron chi connectivity index (χ1n) is 6.21.